The van der Waals surface area contributed by atoms with Crippen LogP contribution in [0.1, 0.15) is 54.0 Å². The summed E-state index contributed by atoms with van der Waals surface area (Å²) in [4.78, 5) is 57.8. The van der Waals surface area contributed by atoms with E-state index in [9.17, 15) is 32.3 Å². The Bertz CT molecular complexity index is 2010. The van der Waals surface area contributed by atoms with Crippen molar-refractivity contribution < 1.29 is 22.4 Å². The lowest BCUT2D eigenvalue weighted by Gasteiger charge is -2.42. The molecule has 2 heterocycles. The highest BCUT2D eigenvalue weighted by Gasteiger charge is 2.52. The van der Waals surface area contributed by atoms with Gasteiger partial charge in [0.25, 0.3) is 11.1 Å². The number of pyridine rings is 1. The number of amides is 1. The Morgan fingerprint density at radius 3 is 1.98 bits per heavy atom. The number of H-pyrrole nitrogens is 1. The molecule has 4 aromatic rings. The average molecular weight is 713 g/mol. The summed E-state index contributed by atoms with van der Waals surface area (Å²) in [5.74, 6) is -1.55. The molecule has 13 heteroatoms. The fraction of sp³-hybridized carbons (Fsp3) is 0.459. The van der Waals surface area contributed by atoms with Gasteiger partial charge in [-0.25, -0.2) is 4.79 Å². The molecular formula is C37H47F3N4O5Si. The van der Waals surface area contributed by atoms with Gasteiger partial charge in [0.1, 0.15) is 12.1 Å². The molecule has 0 fully saturated rings. The molecule has 0 aliphatic carbocycles. The second kappa shape index (κ2) is 14.2. The van der Waals surface area contributed by atoms with Crippen LogP contribution in [0.25, 0.3) is 22.2 Å². The Hall–Kier alpha value is -4.23. The highest BCUT2D eigenvalue weighted by molar-refractivity contribution is 6.74. The molecular weight excluding hydrogens is 666 g/mol. The van der Waals surface area contributed by atoms with Gasteiger partial charge in [0, 0.05) is 0 Å². The monoisotopic (exact) mass is 712 g/mol. The van der Waals surface area contributed by atoms with Crippen molar-refractivity contribution in [1.29, 1.82) is 0 Å². The minimum Gasteiger partial charge on any atom is -0.404 e. The zero-order chi connectivity index (χ0) is 37.4. The number of nitrogens with one attached hydrogen (secondary N) is 2. The first kappa shape index (κ1) is 38.6. The molecule has 50 heavy (non-hydrogen) atoms. The summed E-state index contributed by atoms with van der Waals surface area (Å²) in [5, 5.41) is 1.92. The van der Waals surface area contributed by atoms with Gasteiger partial charge in [-0.2, -0.15) is 13.2 Å². The van der Waals surface area contributed by atoms with Crippen LogP contribution in [-0.4, -0.2) is 46.7 Å². The van der Waals surface area contributed by atoms with E-state index < -0.39 is 72.4 Å². The van der Waals surface area contributed by atoms with E-state index in [1.54, 1.807) is 71.1 Å². The number of rotatable bonds is 11. The van der Waals surface area contributed by atoms with Gasteiger partial charge in [-0.3, -0.25) is 23.5 Å². The van der Waals surface area contributed by atoms with Gasteiger partial charge in [-0.1, -0.05) is 95.3 Å². The first-order valence-electron chi connectivity index (χ1n) is 16.6. The lowest BCUT2D eigenvalue weighted by molar-refractivity contribution is -0.210. The van der Waals surface area contributed by atoms with Gasteiger partial charge >= 0.3 is 11.9 Å². The molecule has 0 saturated carbocycles. The molecule has 2 atom stereocenters. The number of carbonyl (C=O) groups excluding carboxylic acids is 1. The number of halogens is 3. The van der Waals surface area contributed by atoms with Crippen molar-refractivity contribution in [3.05, 3.63) is 103 Å². The summed E-state index contributed by atoms with van der Waals surface area (Å²) in [6.07, 6.45) is -6.73. The molecule has 9 nitrogen and oxygen atoms in total. The maximum atomic E-state index is 14.6. The van der Waals surface area contributed by atoms with E-state index in [0.717, 1.165) is 14.7 Å². The summed E-state index contributed by atoms with van der Waals surface area (Å²) in [7, 11) is -2.95. The molecule has 2 aromatic heterocycles. The van der Waals surface area contributed by atoms with Gasteiger partial charge in [-0.15, -0.1) is 0 Å². The van der Waals surface area contributed by atoms with Crippen molar-refractivity contribution in [3.63, 3.8) is 0 Å². The van der Waals surface area contributed by atoms with Crippen molar-refractivity contribution in [2.75, 3.05) is 0 Å². The Labute approximate surface area is 290 Å². The van der Waals surface area contributed by atoms with Crippen LogP contribution in [0.5, 0.6) is 0 Å². The summed E-state index contributed by atoms with van der Waals surface area (Å²) < 4.78 is 51.8. The van der Waals surface area contributed by atoms with E-state index in [2.05, 4.69) is 10.3 Å². The van der Waals surface area contributed by atoms with E-state index in [0.29, 0.717) is 12.0 Å². The van der Waals surface area contributed by atoms with Crippen LogP contribution >= 0.6 is 0 Å². The molecule has 0 spiro atoms. The van der Waals surface area contributed by atoms with Crippen LogP contribution < -0.4 is 22.1 Å². The second-order valence-corrected chi connectivity index (χ2v) is 20.1. The number of fused-ring (bicyclic) bond motifs is 1. The van der Waals surface area contributed by atoms with Crippen LogP contribution in [0.2, 0.25) is 18.1 Å². The number of aromatic nitrogens is 3. The molecule has 270 valence electrons. The van der Waals surface area contributed by atoms with Crippen molar-refractivity contribution >= 4 is 25.1 Å². The van der Waals surface area contributed by atoms with Gasteiger partial charge in [0.2, 0.25) is 5.91 Å². The highest BCUT2D eigenvalue weighted by Crippen LogP contribution is 2.41. The minimum atomic E-state index is -4.79. The van der Waals surface area contributed by atoms with Gasteiger partial charge in [0.05, 0.1) is 22.7 Å². The number of alkyl halides is 3. The van der Waals surface area contributed by atoms with E-state index in [1.807, 2.05) is 51.1 Å². The number of aromatic amines is 1. The highest BCUT2D eigenvalue weighted by atomic mass is 28.4. The van der Waals surface area contributed by atoms with Crippen molar-refractivity contribution in [2.24, 2.45) is 5.92 Å². The first-order chi connectivity index (χ1) is 23.0. The van der Waals surface area contributed by atoms with Gasteiger partial charge in [-0.05, 0) is 61.5 Å². The Balaban J connectivity index is 1.82. The molecule has 4 rings (SSSR count). The normalized spacial score (nSPS) is 14.2. The number of benzene rings is 2. The van der Waals surface area contributed by atoms with Crippen LogP contribution in [0.15, 0.2) is 81.1 Å². The quantitative estimate of drug-likeness (QED) is 0.170. The Morgan fingerprint density at radius 1 is 0.900 bits per heavy atom. The fourth-order valence-electron chi connectivity index (χ4n) is 5.85. The molecule has 2 unspecified atom stereocenters. The third-order valence-corrected chi connectivity index (χ3v) is 14.0. The second-order valence-electron chi connectivity index (χ2n) is 15.3. The minimum absolute atomic E-state index is 0.0637. The molecule has 0 aliphatic rings. The molecule has 0 bridgehead atoms. The molecule has 0 saturated heterocycles. The SMILES string of the molecule is CC(C)C(NC(=O)Cn1c(-c2ccccc2)cc2c(=O)n(C(C)(C)Cc3ccccc3)c(=O)[nH]c2c1=O)C(O[Si](C)(C)C(C)(C)C)C(F)(F)F. The summed E-state index contributed by atoms with van der Waals surface area (Å²) in [6.45, 7) is 14.9. The van der Waals surface area contributed by atoms with Crippen LogP contribution in [0.4, 0.5) is 13.2 Å². The van der Waals surface area contributed by atoms with E-state index >= 15 is 0 Å². The predicted octanol–water partition coefficient (Wildman–Crippen LogP) is 6.59. The molecule has 0 aliphatic heterocycles. The zero-order valence-corrected chi connectivity index (χ0v) is 31.1. The van der Waals surface area contributed by atoms with Crippen molar-refractivity contribution in [2.45, 2.75) is 103 Å². The van der Waals surface area contributed by atoms with Crippen LogP contribution in [-0.2, 0) is 27.7 Å². The molecule has 2 N–H and O–H groups in total. The number of hydrogen-bond acceptors (Lipinski definition) is 5. The fourth-order valence-corrected chi connectivity index (χ4v) is 7.11. The molecule has 2 aromatic carbocycles. The average Bonchev–Trinajstić information content (AvgIpc) is 3.00. The molecule has 0 radical (unpaired) electrons. The molecule has 1 amide bonds. The van der Waals surface area contributed by atoms with E-state index in [4.69, 9.17) is 4.43 Å². The zero-order valence-electron chi connectivity index (χ0n) is 30.1. The Kier molecular flexibility index (Phi) is 10.9. The van der Waals surface area contributed by atoms with Gasteiger partial charge < -0.3 is 14.7 Å². The number of carbonyl (C=O) groups is 1. The predicted molar refractivity (Wildman–Crippen MR) is 193 cm³/mol. The number of hydrogen-bond donors (Lipinski definition) is 2. The summed E-state index contributed by atoms with van der Waals surface area (Å²) in [5.41, 5.74) is -2.08. The number of nitrogens with zero attached hydrogens (tertiary/aromatic N) is 2. The Morgan fingerprint density at radius 2 is 1.46 bits per heavy atom. The lowest BCUT2D eigenvalue weighted by atomic mass is 9.94. The topological polar surface area (TPSA) is 115 Å². The van der Waals surface area contributed by atoms with Crippen molar-refractivity contribution in [1.82, 2.24) is 19.4 Å². The van der Waals surface area contributed by atoms with Crippen LogP contribution in [0.3, 0.4) is 0 Å². The third kappa shape index (κ3) is 8.21. The smallest absolute Gasteiger partial charge is 0.404 e. The summed E-state index contributed by atoms with van der Waals surface area (Å²) in [6, 6.07) is 17.9. The first-order valence-corrected chi connectivity index (χ1v) is 19.5. The standard InChI is InChI=1S/C37H47F3N4O5Si/c1-23(2)29(31(37(38,39)40)49-50(8,9)35(3,4)5)41-28(45)22-43-27(25-18-14-11-15-19-25)20-26-30(33(43)47)42-34(48)44(32(26)46)36(6,7)21-24-16-12-10-13-17-24/h10-20,23,29,31H,21-22H2,1-9H3,(H,41,45)(H,42,48). The maximum absolute atomic E-state index is 14.6. The largest absolute Gasteiger partial charge is 0.415 e. The van der Waals surface area contributed by atoms with Crippen molar-refractivity contribution in [3.8, 4) is 11.3 Å². The summed E-state index contributed by atoms with van der Waals surface area (Å²) >= 11 is 0. The van der Waals surface area contributed by atoms with Gasteiger partial charge in [0.15, 0.2) is 14.4 Å². The third-order valence-electron chi connectivity index (χ3n) is 9.55. The maximum Gasteiger partial charge on any atom is 0.415 e. The van der Waals surface area contributed by atoms with Crippen LogP contribution in [0, 0.1) is 5.92 Å². The van der Waals surface area contributed by atoms with E-state index in [1.165, 1.54) is 6.07 Å². The lowest BCUT2D eigenvalue weighted by Crippen LogP contribution is -2.59. The van der Waals surface area contributed by atoms with E-state index in [-0.39, 0.29) is 16.6 Å².